The van der Waals surface area contributed by atoms with Gasteiger partial charge in [-0.25, -0.2) is 4.18 Å². The molecule has 7 nitrogen and oxygen atoms in total. The van der Waals surface area contributed by atoms with Crippen molar-refractivity contribution >= 4 is 21.8 Å². The van der Waals surface area contributed by atoms with Crippen molar-refractivity contribution in [2.45, 2.75) is 0 Å². The number of rotatable bonds is 7. The highest BCUT2D eigenvalue weighted by molar-refractivity contribution is 7.80. The smallest absolute Gasteiger partial charge is 0.364 e. The molecule has 1 aromatic carbocycles. The highest BCUT2D eigenvalue weighted by Gasteiger charge is 2.08. The van der Waals surface area contributed by atoms with E-state index in [1.54, 1.807) is 19.1 Å². The second kappa shape index (κ2) is 6.71. The Hall–Kier alpha value is -1.35. The molecule has 0 unspecified atom stereocenters. The number of nitrogens with zero attached hydrogens (tertiary/aromatic N) is 2. The molecule has 1 aromatic rings. The van der Waals surface area contributed by atoms with Gasteiger partial charge in [-0.2, -0.15) is 8.42 Å². The third kappa shape index (κ3) is 5.43. The monoisotopic (exact) mass is 290 g/mol. The summed E-state index contributed by atoms with van der Waals surface area (Å²) in [6.07, 6.45) is 0. The molecule has 0 bridgehead atoms. The van der Waals surface area contributed by atoms with E-state index in [-0.39, 0.29) is 6.73 Å². The zero-order valence-corrected chi connectivity index (χ0v) is 11.9. The molecule has 0 aliphatic rings. The largest absolute Gasteiger partial charge is 0.399 e. The lowest BCUT2D eigenvalue weighted by atomic mass is 10.2. The number of hydrogen-bond acceptors (Lipinski definition) is 6. The average Bonchev–Trinajstić information content (AvgIpc) is 2.35. The Labute approximate surface area is 113 Å². The summed E-state index contributed by atoms with van der Waals surface area (Å²) >= 11 is 0. The van der Waals surface area contributed by atoms with Gasteiger partial charge in [0.15, 0.2) is 0 Å². The second-order valence-corrected chi connectivity index (χ2v) is 5.10. The van der Waals surface area contributed by atoms with Crippen molar-refractivity contribution in [2.24, 2.45) is 0 Å². The molecule has 0 heterocycles. The van der Waals surface area contributed by atoms with Crippen LogP contribution in [-0.2, 0) is 19.3 Å². The molecular formula is C11H18N2O5S. The lowest BCUT2D eigenvalue weighted by Gasteiger charge is -2.21. The first-order chi connectivity index (χ1) is 8.83. The van der Waals surface area contributed by atoms with E-state index in [2.05, 4.69) is 4.18 Å². The summed E-state index contributed by atoms with van der Waals surface area (Å²) in [5, 5.41) is 0. The van der Waals surface area contributed by atoms with E-state index in [0.717, 1.165) is 11.4 Å². The first kappa shape index (κ1) is 15.7. The minimum atomic E-state index is -4.42. The van der Waals surface area contributed by atoms with Gasteiger partial charge in [0.1, 0.15) is 13.5 Å². The van der Waals surface area contributed by atoms with Gasteiger partial charge >= 0.3 is 10.4 Å². The number of benzene rings is 1. The molecule has 1 rings (SSSR count). The Bertz CT molecular complexity index is 488. The van der Waals surface area contributed by atoms with Gasteiger partial charge in [0, 0.05) is 32.6 Å². The predicted octanol–water partition coefficient (Wildman–Crippen LogP) is 0.940. The van der Waals surface area contributed by atoms with E-state index >= 15 is 0 Å². The third-order valence-electron chi connectivity index (χ3n) is 2.45. The van der Waals surface area contributed by atoms with Gasteiger partial charge in [-0.3, -0.25) is 4.55 Å². The van der Waals surface area contributed by atoms with E-state index in [1.165, 1.54) is 0 Å². The molecule has 0 amide bonds. The molecule has 0 saturated carbocycles. The summed E-state index contributed by atoms with van der Waals surface area (Å²) in [5.74, 6) is 0. The minimum absolute atomic E-state index is 0.258. The molecule has 0 aromatic heterocycles. The topological polar surface area (TPSA) is 79.3 Å². The van der Waals surface area contributed by atoms with Crippen molar-refractivity contribution in [3.63, 3.8) is 0 Å². The van der Waals surface area contributed by atoms with E-state index in [4.69, 9.17) is 9.29 Å². The zero-order valence-electron chi connectivity index (χ0n) is 11.1. The summed E-state index contributed by atoms with van der Waals surface area (Å²) in [6.45, 7) is 0.215. The Kier molecular flexibility index (Phi) is 5.55. The molecular weight excluding hydrogens is 272 g/mol. The summed E-state index contributed by atoms with van der Waals surface area (Å²) in [7, 11) is 0.738. The molecule has 108 valence electrons. The number of hydrogen-bond donors (Lipinski definition) is 1. The molecule has 0 aliphatic heterocycles. The molecule has 0 fully saturated rings. The standard InChI is InChI=1S/C11H18N2O5S/c1-12(8-17-3)10-4-6-11(7-5-10)13(2)9-18-19(14,15)16/h4-7H,8-9H2,1-3H3,(H,14,15,16). The van der Waals surface area contributed by atoms with Gasteiger partial charge < -0.3 is 14.5 Å². The van der Waals surface area contributed by atoms with Crippen LogP contribution in [0.5, 0.6) is 0 Å². The van der Waals surface area contributed by atoms with Crippen LogP contribution in [0, 0.1) is 0 Å². The molecule has 0 saturated heterocycles. The van der Waals surface area contributed by atoms with Gasteiger partial charge in [-0.1, -0.05) is 0 Å². The number of ether oxygens (including phenoxy) is 1. The van der Waals surface area contributed by atoms with Crippen molar-refractivity contribution in [3.05, 3.63) is 24.3 Å². The molecule has 0 spiro atoms. The summed E-state index contributed by atoms with van der Waals surface area (Å²) in [6, 6.07) is 7.38. The van der Waals surface area contributed by atoms with Crippen molar-refractivity contribution in [3.8, 4) is 0 Å². The summed E-state index contributed by atoms with van der Waals surface area (Å²) in [4.78, 5) is 3.46. The number of methoxy groups -OCH3 is 1. The van der Waals surface area contributed by atoms with Gasteiger partial charge in [0.25, 0.3) is 0 Å². The van der Waals surface area contributed by atoms with Crippen LogP contribution in [0.4, 0.5) is 11.4 Å². The third-order valence-corrected chi connectivity index (χ3v) is 2.85. The quantitative estimate of drug-likeness (QED) is 0.591. The fraction of sp³-hybridized carbons (Fsp3) is 0.455. The van der Waals surface area contributed by atoms with Crippen molar-refractivity contribution in [1.82, 2.24) is 0 Å². The van der Waals surface area contributed by atoms with Crippen LogP contribution in [0.1, 0.15) is 0 Å². The average molecular weight is 290 g/mol. The van der Waals surface area contributed by atoms with Crippen molar-refractivity contribution in [1.29, 1.82) is 0 Å². The van der Waals surface area contributed by atoms with E-state index in [1.807, 2.05) is 36.2 Å². The van der Waals surface area contributed by atoms with Crippen molar-refractivity contribution < 1.29 is 21.9 Å². The van der Waals surface area contributed by atoms with E-state index in [0.29, 0.717) is 6.73 Å². The van der Waals surface area contributed by atoms with Crippen LogP contribution in [0.15, 0.2) is 24.3 Å². The van der Waals surface area contributed by atoms with Gasteiger partial charge in [-0.15, -0.1) is 0 Å². The molecule has 8 heteroatoms. The van der Waals surface area contributed by atoms with E-state index in [9.17, 15) is 8.42 Å². The fourth-order valence-electron chi connectivity index (χ4n) is 1.45. The fourth-order valence-corrected chi connectivity index (χ4v) is 1.74. The SMILES string of the molecule is COCN(C)c1ccc(N(C)COS(=O)(=O)O)cc1. The maximum absolute atomic E-state index is 10.5. The first-order valence-electron chi connectivity index (χ1n) is 5.46. The lowest BCUT2D eigenvalue weighted by molar-refractivity contribution is 0.202. The maximum Gasteiger partial charge on any atom is 0.399 e. The van der Waals surface area contributed by atoms with Gasteiger partial charge in [0.2, 0.25) is 0 Å². The predicted molar refractivity (Wildman–Crippen MR) is 72.6 cm³/mol. The highest BCUT2D eigenvalue weighted by Crippen LogP contribution is 2.19. The molecule has 19 heavy (non-hydrogen) atoms. The Morgan fingerprint density at radius 3 is 1.84 bits per heavy atom. The van der Waals surface area contributed by atoms with Crippen LogP contribution in [0.3, 0.4) is 0 Å². The van der Waals surface area contributed by atoms with Crippen LogP contribution in [-0.4, -0.2) is 47.6 Å². The Morgan fingerprint density at radius 1 is 1.05 bits per heavy atom. The van der Waals surface area contributed by atoms with E-state index < -0.39 is 10.4 Å². The van der Waals surface area contributed by atoms with Gasteiger partial charge in [0.05, 0.1) is 0 Å². The molecule has 0 atom stereocenters. The normalized spacial score (nSPS) is 11.4. The molecule has 0 radical (unpaired) electrons. The summed E-state index contributed by atoms with van der Waals surface area (Å²) < 4.78 is 38.7. The summed E-state index contributed by atoms with van der Waals surface area (Å²) in [5.41, 5.74) is 1.73. The highest BCUT2D eigenvalue weighted by atomic mass is 32.3. The second-order valence-electron chi connectivity index (χ2n) is 4.00. The van der Waals surface area contributed by atoms with Crippen LogP contribution in [0.2, 0.25) is 0 Å². The van der Waals surface area contributed by atoms with Crippen LogP contribution in [0.25, 0.3) is 0 Å². The van der Waals surface area contributed by atoms with Crippen LogP contribution < -0.4 is 9.80 Å². The molecule has 0 aliphatic carbocycles. The van der Waals surface area contributed by atoms with Gasteiger partial charge in [-0.05, 0) is 24.3 Å². The maximum atomic E-state index is 10.5. The Balaban J connectivity index is 2.65. The van der Waals surface area contributed by atoms with Crippen LogP contribution >= 0.6 is 0 Å². The number of anilines is 2. The lowest BCUT2D eigenvalue weighted by Crippen LogP contribution is -2.23. The minimum Gasteiger partial charge on any atom is -0.364 e. The Morgan fingerprint density at radius 2 is 1.47 bits per heavy atom. The first-order valence-corrected chi connectivity index (χ1v) is 6.83. The van der Waals surface area contributed by atoms with Crippen molar-refractivity contribution in [2.75, 3.05) is 44.5 Å². The zero-order chi connectivity index (χ0) is 14.5. The molecule has 1 N–H and O–H groups in total.